The molecule has 1 aromatic carbocycles. The maximum absolute atomic E-state index is 9.15. The van der Waals surface area contributed by atoms with Gasteiger partial charge in [-0.3, -0.25) is 4.98 Å². The number of fused-ring (bicyclic) bond motifs is 1. The number of aliphatic hydroxyl groups is 1. The lowest BCUT2D eigenvalue weighted by Gasteiger charge is -2.06. The van der Waals surface area contributed by atoms with Crippen molar-refractivity contribution < 1.29 is 5.11 Å². The first-order valence-corrected chi connectivity index (χ1v) is 6.83. The molecule has 0 unspecified atom stereocenters. The van der Waals surface area contributed by atoms with E-state index in [0.29, 0.717) is 0 Å². The van der Waals surface area contributed by atoms with Crippen molar-refractivity contribution in [2.24, 2.45) is 0 Å². The van der Waals surface area contributed by atoms with Gasteiger partial charge in [-0.05, 0) is 56.7 Å². The van der Waals surface area contributed by atoms with Crippen LogP contribution in [-0.2, 0) is 13.2 Å². The summed E-state index contributed by atoms with van der Waals surface area (Å²) in [6.07, 6.45) is 5.72. The summed E-state index contributed by atoms with van der Waals surface area (Å²) in [5, 5.41) is 10.3. The molecule has 0 bridgehead atoms. The Morgan fingerprint density at radius 2 is 2.00 bits per heavy atom. The van der Waals surface area contributed by atoms with E-state index in [1.54, 1.807) is 6.20 Å². The minimum Gasteiger partial charge on any atom is -0.392 e. The van der Waals surface area contributed by atoms with Crippen molar-refractivity contribution in [2.75, 3.05) is 0 Å². The predicted octanol–water partition coefficient (Wildman–Crippen LogP) is 3.34. The topological polar surface area (TPSA) is 38.0 Å². The van der Waals surface area contributed by atoms with Gasteiger partial charge in [-0.2, -0.15) is 0 Å². The minimum atomic E-state index is 0.0800. The molecule has 3 nitrogen and oxygen atoms in total. The lowest BCUT2D eigenvalue weighted by atomic mass is 10.2. The summed E-state index contributed by atoms with van der Waals surface area (Å²) in [4.78, 5) is 4.18. The summed E-state index contributed by atoms with van der Waals surface area (Å²) in [7, 11) is 0. The fourth-order valence-electron chi connectivity index (χ4n) is 2.22. The summed E-state index contributed by atoms with van der Waals surface area (Å²) in [6.45, 7) is 0.866. The van der Waals surface area contributed by atoms with Gasteiger partial charge in [0.25, 0.3) is 0 Å². The Bertz CT molecular complexity index is 721. The maximum Gasteiger partial charge on any atom is 0.0682 e. The van der Waals surface area contributed by atoms with Gasteiger partial charge < -0.3 is 9.67 Å². The first kappa shape index (κ1) is 12.4. The number of hydrogen-bond donors (Lipinski definition) is 1. The van der Waals surface area contributed by atoms with Crippen molar-refractivity contribution in [1.82, 2.24) is 9.55 Å². The number of nitrogens with zero attached hydrogens (tertiary/aromatic N) is 2. The van der Waals surface area contributed by atoms with E-state index in [1.165, 1.54) is 0 Å². The molecule has 0 spiro atoms. The average Bonchev–Trinajstić information content (AvgIpc) is 2.81. The van der Waals surface area contributed by atoms with Gasteiger partial charge in [0, 0.05) is 35.1 Å². The summed E-state index contributed by atoms with van der Waals surface area (Å²) in [5.74, 6) is 0. The van der Waals surface area contributed by atoms with E-state index in [4.69, 9.17) is 5.11 Å². The fourth-order valence-corrected chi connectivity index (χ4v) is 2.64. The number of hydrogen-bond acceptors (Lipinski definition) is 2. The van der Waals surface area contributed by atoms with Gasteiger partial charge in [-0.15, -0.1) is 0 Å². The van der Waals surface area contributed by atoms with Crippen molar-refractivity contribution in [3.63, 3.8) is 0 Å². The third-order valence-corrected chi connectivity index (χ3v) is 3.57. The van der Waals surface area contributed by atoms with Crippen LogP contribution in [0.1, 0.15) is 11.1 Å². The average molecular weight is 317 g/mol. The van der Waals surface area contributed by atoms with Gasteiger partial charge in [-0.1, -0.05) is 6.07 Å². The first-order chi connectivity index (χ1) is 9.26. The second-order valence-corrected chi connectivity index (χ2v) is 5.42. The van der Waals surface area contributed by atoms with Crippen LogP contribution >= 0.6 is 15.9 Å². The molecule has 4 heteroatoms. The molecule has 0 radical (unpaired) electrons. The van der Waals surface area contributed by atoms with E-state index in [2.05, 4.69) is 43.8 Å². The molecule has 0 aliphatic rings. The van der Waals surface area contributed by atoms with Crippen molar-refractivity contribution in [3.05, 3.63) is 64.5 Å². The normalized spacial score (nSPS) is 11.1. The highest BCUT2D eigenvalue weighted by atomic mass is 79.9. The van der Waals surface area contributed by atoms with Gasteiger partial charge in [-0.25, -0.2) is 0 Å². The fraction of sp³-hybridized carbons (Fsp3) is 0.133. The zero-order valence-electron chi connectivity index (χ0n) is 10.3. The number of aliphatic hydroxyl groups excluding tert-OH is 1. The van der Waals surface area contributed by atoms with Crippen LogP contribution in [0.5, 0.6) is 0 Å². The second kappa shape index (κ2) is 5.15. The number of pyridine rings is 1. The van der Waals surface area contributed by atoms with Gasteiger partial charge in [0.1, 0.15) is 0 Å². The van der Waals surface area contributed by atoms with Crippen LogP contribution in [0.4, 0.5) is 0 Å². The zero-order valence-corrected chi connectivity index (χ0v) is 11.8. The molecular formula is C15H13BrN2O. The molecule has 3 aromatic rings. The third kappa shape index (κ3) is 2.55. The number of aromatic nitrogens is 2. The lowest BCUT2D eigenvalue weighted by Crippen LogP contribution is -1.98. The Morgan fingerprint density at radius 1 is 1.11 bits per heavy atom. The van der Waals surface area contributed by atoms with Crippen LogP contribution in [-0.4, -0.2) is 14.7 Å². The van der Waals surface area contributed by atoms with Crippen LogP contribution < -0.4 is 0 Å². The minimum absolute atomic E-state index is 0.0800. The Labute approximate surface area is 119 Å². The number of rotatable bonds is 3. The van der Waals surface area contributed by atoms with Crippen LogP contribution in [0.25, 0.3) is 10.9 Å². The molecule has 1 N–H and O–H groups in total. The molecule has 0 atom stereocenters. The molecule has 96 valence electrons. The van der Waals surface area contributed by atoms with Crippen LogP contribution in [0.2, 0.25) is 0 Å². The smallest absolute Gasteiger partial charge is 0.0682 e. The Kier molecular flexibility index (Phi) is 3.36. The molecule has 0 saturated carbocycles. The largest absolute Gasteiger partial charge is 0.392 e. The molecule has 0 fully saturated rings. The van der Waals surface area contributed by atoms with Gasteiger partial charge in [0.2, 0.25) is 0 Å². The van der Waals surface area contributed by atoms with E-state index in [1.807, 2.05) is 24.4 Å². The molecule has 0 aliphatic heterocycles. The molecule has 0 saturated heterocycles. The lowest BCUT2D eigenvalue weighted by molar-refractivity contribution is 0.282. The molecule has 3 rings (SSSR count). The monoisotopic (exact) mass is 316 g/mol. The van der Waals surface area contributed by atoms with Crippen LogP contribution in [0, 0.1) is 0 Å². The second-order valence-electron chi connectivity index (χ2n) is 4.51. The first-order valence-electron chi connectivity index (χ1n) is 6.04. The highest BCUT2D eigenvalue weighted by Crippen LogP contribution is 2.19. The van der Waals surface area contributed by atoms with Gasteiger partial charge in [0.15, 0.2) is 0 Å². The molecular weight excluding hydrogens is 304 g/mol. The van der Waals surface area contributed by atoms with Crippen molar-refractivity contribution >= 4 is 26.8 Å². The molecule has 2 aromatic heterocycles. The summed E-state index contributed by atoms with van der Waals surface area (Å²) in [6, 6.07) is 10.2. The van der Waals surface area contributed by atoms with Crippen molar-refractivity contribution in [1.29, 1.82) is 0 Å². The van der Waals surface area contributed by atoms with Crippen molar-refractivity contribution in [2.45, 2.75) is 13.2 Å². The standard InChI is InChI=1S/C15H13BrN2O/c16-14-6-12(7-17-8-14)9-18-4-3-13-5-11(10-19)1-2-15(13)18/h1-8,19H,9-10H2. The van der Waals surface area contributed by atoms with E-state index in [9.17, 15) is 0 Å². The molecule has 2 heterocycles. The maximum atomic E-state index is 9.15. The highest BCUT2D eigenvalue weighted by molar-refractivity contribution is 9.10. The highest BCUT2D eigenvalue weighted by Gasteiger charge is 2.03. The molecule has 19 heavy (non-hydrogen) atoms. The number of benzene rings is 1. The Hall–Kier alpha value is -1.65. The summed E-state index contributed by atoms with van der Waals surface area (Å²) < 4.78 is 3.17. The zero-order chi connectivity index (χ0) is 13.2. The predicted molar refractivity (Wildman–Crippen MR) is 78.9 cm³/mol. The SMILES string of the molecule is OCc1ccc2c(ccn2Cc2cncc(Br)c2)c1. The Balaban J connectivity index is 1.97. The van der Waals surface area contributed by atoms with Crippen molar-refractivity contribution in [3.8, 4) is 0 Å². The van der Waals surface area contributed by atoms with Crippen LogP contribution in [0.3, 0.4) is 0 Å². The summed E-state index contributed by atoms with van der Waals surface area (Å²) >= 11 is 3.44. The van der Waals surface area contributed by atoms with Crippen LogP contribution in [0.15, 0.2) is 53.4 Å². The van der Waals surface area contributed by atoms with E-state index in [-0.39, 0.29) is 6.61 Å². The van der Waals surface area contributed by atoms with Gasteiger partial charge >= 0.3 is 0 Å². The summed E-state index contributed by atoms with van der Waals surface area (Å²) in [5.41, 5.74) is 3.25. The van der Waals surface area contributed by atoms with Gasteiger partial charge in [0.05, 0.1) is 6.61 Å². The van der Waals surface area contributed by atoms with E-state index >= 15 is 0 Å². The number of halogens is 1. The molecule has 0 aliphatic carbocycles. The Morgan fingerprint density at radius 3 is 2.79 bits per heavy atom. The van der Waals surface area contributed by atoms with E-state index in [0.717, 1.165) is 33.0 Å². The quantitative estimate of drug-likeness (QED) is 0.804. The molecule has 0 amide bonds. The van der Waals surface area contributed by atoms with E-state index < -0.39 is 0 Å². The third-order valence-electron chi connectivity index (χ3n) is 3.13.